The Kier molecular flexibility index (Phi) is 42.4. The van der Waals surface area contributed by atoms with Crippen molar-refractivity contribution in [3.63, 3.8) is 0 Å². The van der Waals surface area contributed by atoms with E-state index in [1.807, 2.05) is 0 Å². The van der Waals surface area contributed by atoms with Crippen LogP contribution in [0.15, 0.2) is 36.5 Å². The molecule has 0 radical (unpaired) electrons. The number of esters is 2. The smallest absolute Gasteiger partial charge is 0.462 e. The molecule has 2 unspecified atom stereocenters. The van der Waals surface area contributed by atoms with Crippen molar-refractivity contribution in [3.8, 4) is 0 Å². The van der Waals surface area contributed by atoms with Gasteiger partial charge in [-0.15, -0.1) is 0 Å². The molecule has 0 aliphatic heterocycles. The average Bonchev–Trinajstić information content (AvgIpc) is 3.20. The zero-order valence-electron chi connectivity index (χ0n) is 36.8. The van der Waals surface area contributed by atoms with Crippen LogP contribution in [-0.2, 0) is 32.7 Å². The third-order valence-electron chi connectivity index (χ3n) is 10.00. The van der Waals surface area contributed by atoms with Gasteiger partial charge < -0.3 is 20.1 Å². The summed E-state index contributed by atoms with van der Waals surface area (Å²) in [4.78, 5) is 35.0. The van der Waals surface area contributed by atoms with Gasteiger partial charge in [-0.2, -0.15) is 0 Å². The van der Waals surface area contributed by atoms with Crippen LogP contribution in [0, 0.1) is 0 Å². The SMILES string of the molecule is CCCCCC=CCC=CCCCCCCCCCC(=O)OCC(COP(=O)(O)OCCN)OC(=O)CCCCCCCCCCCC=CCCCCCCCC. The fraction of sp³-hybridized carbons (Fsp3) is 0.830. The van der Waals surface area contributed by atoms with Gasteiger partial charge >= 0.3 is 19.8 Å². The number of nitrogens with two attached hydrogens (primary N) is 1. The van der Waals surface area contributed by atoms with Crippen LogP contribution in [0.3, 0.4) is 0 Å². The van der Waals surface area contributed by atoms with Crippen LogP contribution in [0.25, 0.3) is 0 Å². The topological polar surface area (TPSA) is 134 Å². The highest BCUT2D eigenvalue weighted by atomic mass is 31.2. The summed E-state index contributed by atoms with van der Waals surface area (Å²) in [7, 11) is -4.38. The predicted octanol–water partition coefficient (Wildman–Crippen LogP) is 13.7. The first kappa shape index (κ1) is 55.2. The van der Waals surface area contributed by atoms with E-state index in [1.165, 1.54) is 128 Å². The number of unbranched alkanes of at least 4 members (excludes halogenated alkanes) is 25. The predicted molar refractivity (Wildman–Crippen MR) is 238 cm³/mol. The Morgan fingerprint density at radius 3 is 1.39 bits per heavy atom. The first-order valence-corrected chi connectivity index (χ1v) is 25.0. The molecule has 0 aliphatic carbocycles. The summed E-state index contributed by atoms with van der Waals surface area (Å²) in [6.45, 7) is 3.71. The van der Waals surface area contributed by atoms with Crippen LogP contribution < -0.4 is 5.73 Å². The summed E-state index contributed by atoms with van der Waals surface area (Å²) >= 11 is 0. The van der Waals surface area contributed by atoms with Gasteiger partial charge in [0.15, 0.2) is 6.10 Å². The summed E-state index contributed by atoms with van der Waals surface area (Å²) in [5.41, 5.74) is 5.36. The van der Waals surface area contributed by atoms with E-state index in [-0.39, 0.29) is 38.6 Å². The fourth-order valence-corrected chi connectivity index (χ4v) is 7.25. The first-order valence-electron chi connectivity index (χ1n) is 23.5. The Morgan fingerprint density at radius 1 is 0.526 bits per heavy atom. The summed E-state index contributed by atoms with van der Waals surface area (Å²) in [6, 6.07) is 0. The van der Waals surface area contributed by atoms with E-state index in [2.05, 4.69) is 50.3 Å². The van der Waals surface area contributed by atoms with Crippen molar-refractivity contribution in [2.75, 3.05) is 26.4 Å². The second kappa shape index (κ2) is 43.8. The average molecular weight is 826 g/mol. The maximum Gasteiger partial charge on any atom is 0.472 e. The van der Waals surface area contributed by atoms with Gasteiger partial charge in [-0.25, -0.2) is 4.57 Å². The zero-order valence-corrected chi connectivity index (χ0v) is 37.7. The van der Waals surface area contributed by atoms with Gasteiger partial charge in [0.1, 0.15) is 6.61 Å². The minimum absolute atomic E-state index is 0.0519. The van der Waals surface area contributed by atoms with Crippen molar-refractivity contribution in [2.45, 2.75) is 225 Å². The molecule has 0 spiro atoms. The molecule has 0 rings (SSSR count). The van der Waals surface area contributed by atoms with Crippen molar-refractivity contribution in [3.05, 3.63) is 36.5 Å². The molecule has 0 saturated carbocycles. The van der Waals surface area contributed by atoms with E-state index in [0.717, 1.165) is 57.8 Å². The van der Waals surface area contributed by atoms with Gasteiger partial charge in [0.2, 0.25) is 0 Å². The van der Waals surface area contributed by atoms with E-state index in [0.29, 0.717) is 6.42 Å². The van der Waals surface area contributed by atoms with Gasteiger partial charge in [-0.3, -0.25) is 18.6 Å². The van der Waals surface area contributed by atoms with Gasteiger partial charge in [0, 0.05) is 19.4 Å². The van der Waals surface area contributed by atoms with Crippen molar-refractivity contribution in [1.29, 1.82) is 0 Å². The number of ether oxygens (including phenoxy) is 2. The molecule has 0 aromatic carbocycles. The summed E-state index contributed by atoms with van der Waals surface area (Å²) in [5.74, 6) is -0.835. The lowest BCUT2D eigenvalue weighted by molar-refractivity contribution is -0.161. The van der Waals surface area contributed by atoms with Crippen molar-refractivity contribution < 1.29 is 37.6 Å². The van der Waals surface area contributed by atoms with E-state index in [9.17, 15) is 19.0 Å². The number of carbonyl (C=O) groups excluding carboxylic acids is 2. The third kappa shape index (κ3) is 43.6. The molecular weight excluding hydrogens is 737 g/mol. The normalized spacial score (nSPS) is 13.5. The number of rotatable bonds is 44. The summed E-state index contributed by atoms with van der Waals surface area (Å²) in [5, 5.41) is 0. The van der Waals surface area contributed by atoms with E-state index in [1.54, 1.807) is 0 Å². The molecule has 57 heavy (non-hydrogen) atoms. The van der Waals surface area contributed by atoms with Gasteiger partial charge in [-0.1, -0.05) is 172 Å². The van der Waals surface area contributed by atoms with Crippen LogP contribution in [0.4, 0.5) is 0 Å². The summed E-state index contributed by atoms with van der Waals surface area (Å²) < 4.78 is 32.8. The largest absolute Gasteiger partial charge is 0.472 e. The number of allylic oxidation sites excluding steroid dienone is 6. The highest BCUT2D eigenvalue weighted by Crippen LogP contribution is 2.43. The zero-order chi connectivity index (χ0) is 41.8. The maximum absolute atomic E-state index is 12.6. The molecule has 0 amide bonds. The van der Waals surface area contributed by atoms with E-state index in [4.69, 9.17) is 24.3 Å². The Bertz CT molecular complexity index is 1030. The molecule has 0 aromatic rings. The highest BCUT2D eigenvalue weighted by molar-refractivity contribution is 7.47. The van der Waals surface area contributed by atoms with Crippen LogP contribution in [0.2, 0.25) is 0 Å². The highest BCUT2D eigenvalue weighted by Gasteiger charge is 2.26. The lowest BCUT2D eigenvalue weighted by atomic mass is 10.1. The molecule has 0 fully saturated rings. The Morgan fingerprint density at radius 2 is 0.912 bits per heavy atom. The number of phosphoric ester groups is 1. The molecule has 0 bridgehead atoms. The number of hydrogen-bond acceptors (Lipinski definition) is 8. The molecule has 3 N–H and O–H groups in total. The second-order valence-electron chi connectivity index (χ2n) is 15.6. The quantitative estimate of drug-likeness (QED) is 0.0266. The molecular formula is C47H88NO8P. The van der Waals surface area contributed by atoms with Crippen LogP contribution in [-0.4, -0.2) is 49.3 Å². The number of hydrogen-bond donors (Lipinski definition) is 2. The van der Waals surface area contributed by atoms with Crippen molar-refractivity contribution >= 4 is 19.8 Å². The van der Waals surface area contributed by atoms with Gasteiger partial charge in [0.25, 0.3) is 0 Å². The van der Waals surface area contributed by atoms with Crippen LogP contribution in [0.1, 0.15) is 219 Å². The monoisotopic (exact) mass is 826 g/mol. The fourth-order valence-electron chi connectivity index (χ4n) is 6.48. The minimum Gasteiger partial charge on any atom is -0.462 e. The molecule has 0 heterocycles. The van der Waals surface area contributed by atoms with Gasteiger partial charge in [-0.05, 0) is 70.6 Å². The number of phosphoric acid groups is 1. The molecule has 334 valence electrons. The molecule has 2 atom stereocenters. The lowest BCUT2D eigenvalue weighted by Gasteiger charge is -2.19. The molecule has 0 saturated heterocycles. The molecule has 0 aliphatic rings. The minimum atomic E-state index is -4.38. The Balaban J connectivity index is 4.11. The Labute approximate surface area is 350 Å². The van der Waals surface area contributed by atoms with E-state index >= 15 is 0 Å². The Hall–Kier alpha value is -1.77. The first-order chi connectivity index (χ1) is 27.8. The third-order valence-corrected chi connectivity index (χ3v) is 11.0. The van der Waals surface area contributed by atoms with Gasteiger partial charge in [0.05, 0.1) is 13.2 Å². The van der Waals surface area contributed by atoms with E-state index < -0.39 is 26.5 Å². The second-order valence-corrected chi connectivity index (χ2v) is 17.1. The van der Waals surface area contributed by atoms with Crippen LogP contribution in [0.5, 0.6) is 0 Å². The molecule has 0 aromatic heterocycles. The van der Waals surface area contributed by atoms with Crippen molar-refractivity contribution in [2.24, 2.45) is 5.73 Å². The maximum atomic E-state index is 12.6. The lowest BCUT2D eigenvalue weighted by Crippen LogP contribution is -2.29. The summed E-state index contributed by atoms with van der Waals surface area (Å²) in [6.07, 6.45) is 48.8. The van der Waals surface area contributed by atoms with Crippen molar-refractivity contribution in [1.82, 2.24) is 0 Å². The standard InChI is InChI=1S/C47H88NO8P/c1-3-5-7-9-11-13-15-17-19-21-22-24-26-28-30-32-34-36-38-40-47(50)56-45(44-55-57(51,52)54-42-41-48)43-53-46(49)39-37-35-33-31-29-27-25-23-20-18-16-14-12-10-8-6-4-2/h12,14,17-20,45H,3-11,13,15-16,21-44,48H2,1-2H3,(H,51,52). The molecule has 9 nitrogen and oxygen atoms in total. The molecule has 10 heteroatoms. The van der Waals surface area contributed by atoms with Crippen LogP contribution >= 0.6 is 7.82 Å². The number of carbonyl (C=O) groups is 2.